The lowest BCUT2D eigenvalue weighted by Gasteiger charge is -2.38. The summed E-state index contributed by atoms with van der Waals surface area (Å²) in [6.45, 7) is 5.17. The molecule has 1 aliphatic carbocycles. The van der Waals surface area contributed by atoms with Crippen molar-refractivity contribution in [3.05, 3.63) is 41.1 Å². The Labute approximate surface area is 198 Å². The molecule has 1 aromatic carbocycles. The van der Waals surface area contributed by atoms with Gasteiger partial charge in [0.1, 0.15) is 5.84 Å². The number of amidine groups is 1. The summed E-state index contributed by atoms with van der Waals surface area (Å²) in [7, 11) is 0. The number of halogens is 2. The summed E-state index contributed by atoms with van der Waals surface area (Å²) in [5.74, 6) is 1.31. The zero-order valence-corrected chi connectivity index (χ0v) is 20.3. The van der Waals surface area contributed by atoms with Crippen molar-refractivity contribution in [3.8, 4) is 0 Å². The molecule has 5 heteroatoms. The molecule has 1 aromatic rings. The summed E-state index contributed by atoms with van der Waals surface area (Å²) in [5, 5.41) is 3.26. The summed E-state index contributed by atoms with van der Waals surface area (Å²) >= 11 is 0. The van der Waals surface area contributed by atoms with Crippen LogP contribution in [0.5, 0.6) is 0 Å². The molecule has 182 valence electrons. The van der Waals surface area contributed by atoms with E-state index in [1.807, 2.05) is 6.92 Å². The van der Waals surface area contributed by atoms with Crippen LogP contribution in [0.2, 0.25) is 0 Å². The van der Waals surface area contributed by atoms with Gasteiger partial charge in [-0.1, -0.05) is 64.5 Å². The Morgan fingerprint density at radius 1 is 1.00 bits per heavy atom. The number of aryl methyl sites for hydroxylation is 1. The van der Waals surface area contributed by atoms with Crippen molar-refractivity contribution in [1.82, 2.24) is 5.32 Å². The highest BCUT2D eigenvalue weighted by atomic mass is 19.2. The van der Waals surface area contributed by atoms with E-state index >= 15 is 0 Å². The van der Waals surface area contributed by atoms with Crippen molar-refractivity contribution < 1.29 is 13.5 Å². The molecule has 0 radical (unpaired) electrons. The van der Waals surface area contributed by atoms with E-state index in [-0.39, 0.29) is 5.92 Å². The fraction of sp³-hybridized carbons (Fsp3) is 0.679. The number of benzene rings is 1. The smallest absolute Gasteiger partial charge is 0.166 e. The number of rotatable bonds is 8. The van der Waals surface area contributed by atoms with Crippen molar-refractivity contribution in [3.63, 3.8) is 0 Å². The van der Waals surface area contributed by atoms with Gasteiger partial charge in [-0.05, 0) is 55.1 Å². The topological polar surface area (TPSA) is 33.6 Å². The number of nitrogens with zero attached hydrogens (tertiary/aromatic N) is 1. The molecular weight excluding hydrogens is 418 g/mol. The van der Waals surface area contributed by atoms with Crippen LogP contribution in [0.4, 0.5) is 8.78 Å². The van der Waals surface area contributed by atoms with Crippen LogP contribution >= 0.6 is 0 Å². The fourth-order valence-corrected chi connectivity index (χ4v) is 5.83. The molecule has 2 aliphatic heterocycles. The predicted molar refractivity (Wildman–Crippen MR) is 131 cm³/mol. The molecule has 2 atom stereocenters. The quantitative estimate of drug-likeness (QED) is 0.423. The summed E-state index contributed by atoms with van der Waals surface area (Å²) in [6, 6.07) is 3.33. The standard InChI is InChI=1S/C28H40F2N2O/c1-3-5-6-7-19-8-10-21(11-9-19)25-15-13-22(18-33-25)28-31-16-23(17-32-28)24-14-12-20(4-2)26(29)27(24)30/h12,14,16,19,21-22,25H,3-11,13,15,17-18H2,1-2H3,(H,31,32). The van der Waals surface area contributed by atoms with Crippen molar-refractivity contribution in [2.45, 2.75) is 90.6 Å². The second kappa shape index (κ2) is 11.6. The molecule has 1 N–H and O–H groups in total. The first kappa shape index (κ1) is 24.4. The Morgan fingerprint density at radius 3 is 2.45 bits per heavy atom. The molecular formula is C28H40F2N2O. The second-order valence-corrected chi connectivity index (χ2v) is 10.2. The third-order valence-corrected chi connectivity index (χ3v) is 8.03. The van der Waals surface area contributed by atoms with Gasteiger partial charge in [-0.3, -0.25) is 4.99 Å². The van der Waals surface area contributed by atoms with Gasteiger partial charge in [-0.15, -0.1) is 0 Å². The van der Waals surface area contributed by atoms with Gasteiger partial charge in [0.25, 0.3) is 0 Å². The summed E-state index contributed by atoms with van der Waals surface area (Å²) < 4.78 is 35.0. The van der Waals surface area contributed by atoms with Crippen molar-refractivity contribution in [1.29, 1.82) is 0 Å². The molecule has 1 saturated heterocycles. The van der Waals surface area contributed by atoms with Gasteiger partial charge in [0.05, 0.1) is 19.3 Å². The van der Waals surface area contributed by atoms with E-state index in [1.54, 1.807) is 18.3 Å². The maximum absolute atomic E-state index is 14.5. The fourth-order valence-electron chi connectivity index (χ4n) is 5.83. The Morgan fingerprint density at radius 2 is 1.82 bits per heavy atom. The van der Waals surface area contributed by atoms with Gasteiger partial charge >= 0.3 is 0 Å². The van der Waals surface area contributed by atoms with E-state index in [2.05, 4.69) is 17.2 Å². The maximum atomic E-state index is 14.5. The number of unbranched alkanes of at least 4 members (excludes halogenated alkanes) is 2. The zero-order chi connectivity index (χ0) is 23.2. The molecule has 0 amide bonds. The van der Waals surface area contributed by atoms with E-state index < -0.39 is 11.6 Å². The monoisotopic (exact) mass is 458 g/mol. The average molecular weight is 459 g/mol. The summed E-state index contributed by atoms with van der Waals surface area (Å²) in [6.07, 6.45) is 15.7. The minimum absolute atomic E-state index is 0.258. The van der Waals surface area contributed by atoms with Crippen LogP contribution < -0.4 is 5.32 Å². The molecule has 0 spiro atoms. The molecule has 0 aromatic heterocycles. The molecule has 0 bridgehead atoms. The molecule has 3 nitrogen and oxygen atoms in total. The van der Waals surface area contributed by atoms with E-state index in [1.165, 1.54) is 51.4 Å². The lowest BCUT2D eigenvalue weighted by molar-refractivity contribution is -0.0464. The lowest BCUT2D eigenvalue weighted by atomic mass is 9.76. The van der Waals surface area contributed by atoms with E-state index in [4.69, 9.17) is 4.74 Å². The van der Waals surface area contributed by atoms with Crippen LogP contribution in [-0.4, -0.2) is 25.1 Å². The van der Waals surface area contributed by atoms with Gasteiger partial charge in [0.15, 0.2) is 11.6 Å². The number of hydrogen-bond acceptors (Lipinski definition) is 3. The summed E-state index contributed by atoms with van der Waals surface area (Å²) in [4.78, 5) is 4.68. The van der Waals surface area contributed by atoms with Crippen LogP contribution in [0.3, 0.4) is 0 Å². The minimum atomic E-state index is -0.773. The molecule has 2 heterocycles. The molecule has 2 unspecified atom stereocenters. The third-order valence-electron chi connectivity index (χ3n) is 8.03. The second-order valence-electron chi connectivity index (χ2n) is 10.2. The first-order valence-electron chi connectivity index (χ1n) is 13.2. The lowest BCUT2D eigenvalue weighted by Crippen LogP contribution is -2.40. The molecule has 33 heavy (non-hydrogen) atoms. The zero-order valence-electron chi connectivity index (χ0n) is 20.3. The van der Waals surface area contributed by atoms with E-state index in [9.17, 15) is 8.78 Å². The molecule has 1 saturated carbocycles. The Hall–Kier alpha value is -1.75. The van der Waals surface area contributed by atoms with Gasteiger partial charge in [-0.2, -0.15) is 0 Å². The molecule has 3 aliphatic rings. The van der Waals surface area contributed by atoms with Gasteiger partial charge in [0, 0.05) is 17.7 Å². The first-order valence-corrected chi connectivity index (χ1v) is 13.2. The highest BCUT2D eigenvalue weighted by molar-refractivity contribution is 5.90. The number of hydrogen-bond donors (Lipinski definition) is 1. The first-order chi connectivity index (χ1) is 16.1. The largest absolute Gasteiger partial charge is 0.377 e. The Balaban J connectivity index is 1.24. The SMILES string of the molecule is CCCCCC1CCC(C2CCC(C3=NCC(c4ccc(CC)c(F)c4F)=CN3)CO2)CC1. The summed E-state index contributed by atoms with van der Waals surface area (Å²) in [5.41, 5.74) is 1.39. The van der Waals surface area contributed by atoms with E-state index in [0.29, 0.717) is 48.3 Å². The van der Waals surface area contributed by atoms with Crippen LogP contribution in [0, 0.1) is 29.4 Å². The molecule has 4 rings (SSSR count). The van der Waals surface area contributed by atoms with Gasteiger partial charge in [0.2, 0.25) is 0 Å². The van der Waals surface area contributed by atoms with Crippen molar-refractivity contribution in [2.75, 3.05) is 13.2 Å². The van der Waals surface area contributed by atoms with Crippen LogP contribution in [0.25, 0.3) is 5.57 Å². The third kappa shape index (κ3) is 5.85. The van der Waals surface area contributed by atoms with Gasteiger partial charge in [-0.25, -0.2) is 8.78 Å². The highest BCUT2D eigenvalue weighted by Gasteiger charge is 2.33. The highest BCUT2D eigenvalue weighted by Crippen LogP contribution is 2.38. The van der Waals surface area contributed by atoms with Crippen LogP contribution in [-0.2, 0) is 11.2 Å². The van der Waals surface area contributed by atoms with Gasteiger partial charge < -0.3 is 10.1 Å². The van der Waals surface area contributed by atoms with Crippen LogP contribution in [0.15, 0.2) is 23.3 Å². The Bertz CT molecular complexity index is 850. The van der Waals surface area contributed by atoms with Crippen LogP contribution in [0.1, 0.15) is 89.2 Å². The average Bonchev–Trinajstić information content (AvgIpc) is 2.87. The normalized spacial score (nSPS) is 28.1. The number of ether oxygens (including phenoxy) is 1. The number of nitrogens with one attached hydrogen (secondary N) is 1. The van der Waals surface area contributed by atoms with Crippen molar-refractivity contribution in [2.24, 2.45) is 22.7 Å². The van der Waals surface area contributed by atoms with Crippen molar-refractivity contribution >= 4 is 11.4 Å². The number of aliphatic imine (C=N–C) groups is 1. The van der Waals surface area contributed by atoms with E-state index in [0.717, 1.165) is 24.6 Å². The molecule has 2 fully saturated rings. The maximum Gasteiger partial charge on any atom is 0.166 e. The Kier molecular flexibility index (Phi) is 8.56. The minimum Gasteiger partial charge on any atom is -0.377 e. The predicted octanol–water partition coefficient (Wildman–Crippen LogP) is 7.05.